The quantitative estimate of drug-likeness (QED) is 0.170. The maximum atomic E-state index is 13.6. The van der Waals surface area contributed by atoms with E-state index in [2.05, 4.69) is 15.6 Å². The largest absolute Gasteiger partial charge is 0.370 e. The van der Waals surface area contributed by atoms with Crippen molar-refractivity contribution < 1.29 is 19.2 Å². The topological polar surface area (TPSA) is 160 Å². The van der Waals surface area contributed by atoms with Gasteiger partial charge in [0, 0.05) is 26.4 Å². The van der Waals surface area contributed by atoms with Gasteiger partial charge in [0.2, 0.25) is 17.7 Å². The zero-order valence-corrected chi connectivity index (χ0v) is 23.1. The summed E-state index contributed by atoms with van der Waals surface area (Å²) in [5, 5.41) is 5.78. The van der Waals surface area contributed by atoms with Crippen molar-refractivity contribution in [3.63, 3.8) is 0 Å². The van der Waals surface area contributed by atoms with Crippen LogP contribution in [0.4, 0.5) is 0 Å². The fraction of sp³-hybridized carbons (Fsp3) is 0.621. The van der Waals surface area contributed by atoms with Gasteiger partial charge in [0.05, 0.1) is 6.04 Å². The zero-order chi connectivity index (χ0) is 28.2. The lowest BCUT2D eigenvalue weighted by Crippen LogP contribution is -2.55. The second kappa shape index (κ2) is 15.2. The molecule has 2 aliphatic rings. The number of benzene rings is 1. The molecule has 214 valence electrons. The highest BCUT2D eigenvalue weighted by molar-refractivity contribution is 5.95. The van der Waals surface area contributed by atoms with Gasteiger partial charge in [-0.1, -0.05) is 62.4 Å². The van der Waals surface area contributed by atoms with Gasteiger partial charge in [0.25, 0.3) is 0 Å². The van der Waals surface area contributed by atoms with Crippen molar-refractivity contribution >= 4 is 29.5 Å². The summed E-state index contributed by atoms with van der Waals surface area (Å²) in [6.07, 6.45) is 8.47. The lowest BCUT2D eigenvalue weighted by atomic mass is 9.84. The first-order valence-corrected chi connectivity index (χ1v) is 14.2. The van der Waals surface area contributed by atoms with Crippen molar-refractivity contribution in [1.29, 1.82) is 0 Å². The number of hydrogen-bond donors (Lipinski definition) is 4. The second-order valence-electron chi connectivity index (χ2n) is 10.8. The smallest absolute Gasteiger partial charge is 0.245 e. The van der Waals surface area contributed by atoms with Crippen LogP contribution < -0.4 is 22.1 Å². The molecule has 1 aliphatic heterocycles. The number of hydrogen-bond acceptors (Lipinski definition) is 5. The number of nitrogens with one attached hydrogen (secondary N) is 2. The summed E-state index contributed by atoms with van der Waals surface area (Å²) in [5.41, 5.74) is 11.7. The highest BCUT2D eigenvalue weighted by Crippen LogP contribution is 2.29. The number of carbonyl (C=O) groups is 4. The molecule has 3 amide bonds. The molecule has 0 spiro atoms. The number of carbonyl (C=O) groups excluding carboxylic acids is 4. The van der Waals surface area contributed by atoms with Crippen LogP contribution in [0.25, 0.3) is 0 Å². The summed E-state index contributed by atoms with van der Waals surface area (Å²) in [6.45, 7) is 2.21. The number of guanidine groups is 1. The van der Waals surface area contributed by atoms with Gasteiger partial charge < -0.3 is 27.0 Å². The number of Topliss-reactive ketones (excluding diaryl/α,β-unsaturated/α-hetero) is 1. The molecule has 2 fully saturated rings. The molecule has 3 rings (SSSR count). The Morgan fingerprint density at radius 1 is 0.974 bits per heavy atom. The lowest BCUT2D eigenvalue weighted by Gasteiger charge is -2.32. The van der Waals surface area contributed by atoms with Crippen LogP contribution in [0, 0.1) is 5.92 Å². The number of amides is 3. The molecule has 1 aromatic rings. The van der Waals surface area contributed by atoms with Gasteiger partial charge in [-0.05, 0) is 43.6 Å². The van der Waals surface area contributed by atoms with E-state index in [4.69, 9.17) is 11.5 Å². The number of nitrogens with two attached hydrogens (primary N) is 2. The summed E-state index contributed by atoms with van der Waals surface area (Å²) in [5.74, 6) is -0.546. The van der Waals surface area contributed by atoms with Gasteiger partial charge in [-0.3, -0.25) is 24.2 Å². The normalized spacial score (nSPS) is 19.1. The fourth-order valence-electron chi connectivity index (χ4n) is 5.73. The van der Waals surface area contributed by atoms with Crippen LogP contribution in [0.5, 0.6) is 0 Å². The Morgan fingerprint density at radius 3 is 2.36 bits per heavy atom. The van der Waals surface area contributed by atoms with E-state index in [1.165, 1.54) is 13.3 Å². The molecule has 0 bridgehead atoms. The maximum absolute atomic E-state index is 13.6. The predicted octanol–water partition coefficient (Wildman–Crippen LogP) is 1.80. The minimum Gasteiger partial charge on any atom is -0.370 e. The van der Waals surface area contributed by atoms with E-state index in [0.717, 1.165) is 31.2 Å². The number of rotatable bonds is 13. The average Bonchev–Trinajstić information content (AvgIpc) is 3.40. The van der Waals surface area contributed by atoms with Crippen molar-refractivity contribution in [1.82, 2.24) is 15.5 Å². The summed E-state index contributed by atoms with van der Waals surface area (Å²) in [6, 6.07) is 7.34. The summed E-state index contributed by atoms with van der Waals surface area (Å²) < 4.78 is 0. The predicted molar refractivity (Wildman–Crippen MR) is 151 cm³/mol. The molecule has 3 atom stereocenters. The highest BCUT2D eigenvalue weighted by Gasteiger charge is 2.39. The van der Waals surface area contributed by atoms with Gasteiger partial charge in [-0.2, -0.15) is 0 Å². The van der Waals surface area contributed by atoms with E-state index < -0.39 is 18.1 Å². The van der Waals surface area contributed by atoms with Crippen molar-refractivity contribution in [2.45, 2.75) is 95.7 Å². The Morgan fingerprint density at radius 2 is 1.69 bits per heavy atom. The molecule has 39 heavy (non-hydrogen) atoms. The van der Waals surface area contributed by atoms with Crippen LogP contribution in [-0.4, -0.2) is 65.6 Å². The third-order valence-corrected chi connectivity index (χ3v) is 7.68. The number of ketones is 1. The SMILES string of the molecule is CC(=O)N[C@H](CC1CCCCC1)C(=O)N1CCC[C@H]1C(=O)N[C@@H](CCCN=C(N)N)C(=O)Cc1ccccc1. The van der Waals surface area contributed by atoms with Crippen LogP contribution in [0.3, 0.4) is 0 Å². The molecule has 1 aromatic carbocycles. The van der Waals surface area contributed by atoms with Gasteiger partial charge in [0.1, 0.15) is 12.1 Å². The van der Waals surface area contributed by atoms with Gasteiger partial charge in [-0.15, -0.1) is 0 Å². The standard InChI is InChI=1S/C29H44N6O4/c1-20(36)33-24(18-21-10-4-2-5-11-21)28(39)35-17-9-15-25(35)27(38)34-23(14-8-16-32-29(30)31)26(37)19-22-12-6-3-7-13-22/h3,6-7,12-13,21,23-25H,2,4-5,8-11,14-19H2,1H3,(H,33,36)(H,34,38)(H4,30,31,32)/t23-,24+,25-/m0/s1. The van der Waals surface area contributed by atoms with E-state index in [9.17, 15) is 19.2 Å². The van der Waals surface area contributed by atoms with Gasteiger partial charge in [0.15, 0.2) is 11.7 Å². The van der Waals surface area contributed by atoms with E-state index in [1.807, 2.05) is 30.3 Å². The molecular formula is C29H44N6O4. The Balaban J connectivity index is 1.69. The van der Waals surface area contributed by atoms with Crippen molar-refractivity contribution in [3.8, 4) is 0 Å². The summed E-state index contributed by atoms with van der Waals surface area (Å²) >= 11 is 0. The molecule has 0 aromatic heterocycles. The Labute approximate surface area is 231 Å². The van der Waals surface area contributed by atoms with Crippen molar-refractivity contribution in [2.75, 3.05) is 13.1 Å². The first-order chi connectivity index (χ1) is 18.7. The molecule has 1 aliphatic carbocycles. The molecule has 0 unspecified atom stereocenters. The minimum atomic E-state index is -0.724. The fourth-order valence-corrected chi connectivity index (χ4v) is 5.73. The summed E-state index contributed by atoms with van der Waals surface area (Å²) in [7, 11) is 0. The van der Waals surface area contributed by atoms with Crippen LogP contribution >= 0.6 is 0 Å². The third-order valence-electron chi connectivity index (χ3n) is 7.68. The molecule has 1 saturated carbocycles. The molecule has 10 nitrogen and oxygen atoms in total. The number of aliphatic imine (C=N–C) groups is 1. The van der Waals surface area contributed by atoms with Gasteiger partial charge in [-0.25, -0.2) is 0 Å². The molecule has 1 saturated heterocycles. The minimum absolute atomic E-state index is 0.0201. The monoisotopic (exact) mass is 540 g/mol. The number of likely N-dealkylation sites (tertiary alicyclic amines) is 1. The average molecular weight is 541 g/mol. The molecule has 6 N–H and O–H groups in total. The number of nitrogens with zero attached hydrogens (tertiary/aromatic N) is 2. The highest BCUT2D eigenvalue weighted by atomic mass is 16.2. The molecular weight excluding hydrogens is 496 g/mol. The lowest BCUT2D eigenvalue weighted by molar-refractivity contribution is -0.142. The van der Waals surface area contributed by atoms with E-state index in [-0.39, 0.29) is 35.9 Å². The van der Waals surface area contributed by atoms with E-state index in [1.54, 1.807) is 4.90 Å². The Hall–Kier alpha value is -3.43. The van der Waals surface area contributed by atoms with Crippen LogP contribution in [0.2, 0.25) is 0 Å². The molecule has 0 radical (unpaired) electrons. The van der Waals surface area contributed by atoms with Crippen molar-refractivity contribution in [3.05, 3.63) is 35.9 Å². The maximum Gasteiger partial charge on any atom is 0.245 e. The third kappa shape index (κ3) is 9.67. The van der Waals surface area contributed by atoms with Crippen LogP contribution in [0.15, 0.2) is 35.3 Å². The van der Waals surface area contributed by atoms with E-state index in [0.29, 0.717) is 51.1 Å². The van der Waals surface area contributed by atoms with E-state index >= 15 is 0 Å². The first-order valence-electron chi connectivity index (χ1n) is 14.2. The zero-order valence-electron chi connectivity index (χ0n) is 23.1. The van der Waals surface area contributed by atoms with Crippen LogP contribution in [0.1, 0.15) is 76.7 Å². The summed E-state index contributed by atoms with van der Waals surface area (Å²) in [4.78, 5) is 57.9. The van der Waals surface area contributed by atoms with Crippen LogP contribution in [-0.2, 0) is 25.6 Å². The van der Waals surface area contributed by atoms with Crippen molar-refractivity contribution in [2.24, 2.45) is 22.4 Å². The van der Waals surface area contributed by atoms with Gasteiger partial charge >= 0.3 is 0 Å². The Kier molecular flexibility index (Phi) is 11.8. The Bertz CT molecular complexity index is 1000. The molecule has 10 heteroatoms. The molecule has 1 heterocycles. The first kappa shape index (κ1) is 30.1. The second-order valence-corrected chi connectivity index (χ2v) is 10.8.